The van der Waals surface area contributed by atoms with Crippen molar-refractivity contribution in [3.05, 3.63) is 76.0 Å². The van der Waals surface area contributed by atoms with Gasteiger partial charge in [0.05, 0.1) is 0 Å². The van der Waals surface area contributed by atoms with Crippen molar-refractivity contribution >= 4 is 11.3 Å². The summed E-state index contributed by atoms with van der Waals surface area (Å²) < 4.78 is 0. The van der Waals surface area contributed by atoms with Crippen molar-refractivity contribution in [2.75, 3.05) is 0 Å². The van der Waals surface area contributed by atoms with Crippen LogP contribution in [0.4, 0.5) is 0 Å². The Balaban J connectivity index is 1.47. The zero-order valence-corrected chi connectivity index (χ0v) is 13.1. The van der Waals surface area contributed by atoms with Crippen molar-refractivity contribution in [2.24, 2.45) is 0 Å². The van der Waals surface area contributed by atoms with Gasteiger partial charge in [-0.1, -0.05) is 30.3 Å². The van der Waals surface area contributed by atoms with Gasteiger partial charge >= 0.3 is 0 Å². The van der Waals surface area contributed by atoms with Crippen LogP contribution in [-0.4, -0.2) is 9.97 Å². The van der Waals surface area contributed by atoms with E-state index in [0.717, 1.165) is 18.3 Å². The Morgan fingerprint density at radius 2 is 2.09 bits per heavy atom. The van der Waals surface area contributed by atoms with Crippen molar-refractivity contribution in [3.63, 3.8) is 0 Å². The molecule has 0 saturated heterocycles. The summed E-state index contributed by atoms with van der Waals surface area (Å²) in [5.41, 5.74) is 2.81. The quantitative estimate of drug-likeness (QED) is 0.715. The minimum Gasteiger partial charge on any atom is -0.347 e. The third kappa shape index (κ3) is 2.98. The van der Waals surface area contributed by atoms with E-state index in [2.05, 4.69) is 57.1 Å². The van der Waals surface area contributed by atoms with Gasteiger partial charge in [0.2, 0.25) is 0 Å². The SMILES string of the molecule is c1csc(C(NCc2ccc(C3CC3)cc2)c2ncc[nH]2)c1. The molecule has 4 rings (SSSR count). The highest BCUT2D eigenvalue weighted by molar-refractivity contribution is 7.10. The summed E-state index contributed by atoms with van der Waals surface area (Å²) in [7, 11) is 0. The highest BCUT2D eigenvalue weighted by atomic mass is 32.1. The maximum absolute atomic E-state index is 4.42. The molecule has 22 heavy (non-hydrogen) atoms. The second-order valence-electron chi connectivity index (χ2n) is 5.82. The topological polar surface area (TPSA) is 40.7 Å². The molecule has 112 valence electrons. The number of nitrogens with zero attached hydrogens (tertiary/aromatic N) is 1. The Kier molecular flexibility index (Phi) is 3.79. The van der Waals surface area contributed by atoms with Crippen molar-refractivity contribution in [2.45, 2.75) is 31.3 Å². The van der Waals surface area contributed by atoms with Crippen LogP contribution in [0.1, 0.15) is 46.6 Å². The van der Waals surface area contributed by atoms with Crippen LogP contribution in [0.25, 0.3) is 0 Å². The molecular formula is C18H19N3S. The zero-order valence-electron chi connectivity index (χ0n) is 12.3. The second kappa shape index (κ2) is 6.07. The Morgan fingerprint density at radius 3 is 2.73 bits per heavy atom. The molecule has 2 N–H and O–H groups in total. The van der Waals surface area contributed by atoms with Gasteiger partial charge in [-0.15, -0.1) is 11.3 Å². The number of hydrogen-bond donors (Lipinski definition) is 2. The van der Waals surface area contributed by atoms with Gasteiger partial charge in [0, 0.05) is 23.8 Å². The number of aromatic amines is 1. The van der Waals surface area contributed by atoms with Crippen LogP contribution in [0.2, 0.25) is 0 Å². The number of aromatic nitrogens is 2. The molecule has 2 aromatic heterocycles. The maximum Gasteiger partial charge on any atom is 0.128 e. The molecule has 1 saturated carbocycles. The van der Waals surface area contributed by atoms with Crippen molar-refractivity contribution in [1.82, 2.24) is 15.3 Å². The Hall–Kier alpha value is -1.91. The van der Waals surface area contributed by atoms with E-state index in [4.69, 9.17) is 0 Å². The largest absolute Gasteiger partial charge is 0.347 e. The summed E-state index contributed by atoms with van der Waals surface area (Å²) in [4.78, 5) is 8.93. The molecule has 1 aliphatic carbocycles. The van der Waals surface area contributed by atoms with E-state index < -0.39 is 0 Å². The van der Waals surface area contributed by atoms with Gasteiger partial charge in [0.25, 0.3) is 0 Å². The molecule has 1 atom stereocenters. The summed E-state index contributed by atoms with van der Waals surface area (Å²) in [5, 5.41) is 5.73. The third-order valence-electron chi connectivity index (χ3n) is 4.16. The van der Waals surface area contributed by atoms with Gasteiger partial charge in [-0.3, -0.25) is 5.32 Å². The Labute approximate surface area is 134 Å². The lowest BCUT2D eigenvalue weighted by Gasteiger charge is -2.15. The average molecular weight is 309 g/mol. The highest BCUT2D eigenvalue weighted by Gasteiger charge is 2.23. The molecule has 3 aromatic rings. The molecule has 2 heterocycles. The molecular weight excluding hydrogens is 290 g/mol. The van der Waals surface area contributed by atoms with Crippen LogP contribution in [0.3, 0.4) is 0 Å². The van der Waals surface area contributed by atoms with Crippen LogP contribution in [-0.2, 0) is 6.54 Å². The molecule has 1 fully saturated rings. The predicted octanol–water partition coefficient (Wildman–Crippen LogP) is 4.23. The van der Waals surface area contributed by atoms with Crippen molar-refractivity contribution in [1.29, 1.82) is 0 Å². The molecule has 0 radical (unpaired) electrons. The van der Waals surface area contributed by atoms with E-state index in [1.165, 1.54) is 28.8 Å². The summed E-state index contributed by atoms with van der Waals surface area (Å²) in [6.45, 7) is 0.841. The summed E-state index contributed by atoms with van der Waals surface area (Å²) in [5.74, 6) is 1.79. The molecule has 4 heteroatoms. The lowest BCUT2D eigenvalue weighted by Crippen LogP contribution is -2.22. The minimum atomic E-state index is 0.123. The van der Waals surface area contributed by atoms with Crippen molar-refractivity contribution < 1.29 is 0 Å². The predicted molar refractivity (Wildman–Crippen MR) is 90.0 cm³/mol. The first kappa shape index (κ1) is 13.7. The van der Waals surface area contributed by atoms with Gasteiger partial charge in [0.1, 0.15) is 11.9 Å². The van der Waals surface area contributed by atoms with Crippen molar-refractivity contribution in [3.8, 4) is 0 Å². The fourth-order valence-corrected chi connectivity index (χ4v) is 3.57. The molecule has 1 unspecified atom stereocenters. The summed E-state index contributed by atoms with van der Waals surface area (Å²) in [6, 6.07) is 13.4. The number of nitrogens with one attached hydrogen (secondary N) is 2. The zero-order chi connectivity index (χ0) is 14.8. The van der Waals surface area contributed by atoms with E-state index in [1.807, 2.05) is 12.4 Å². The van der Waals surface area contributed by atoms with Crippen LogP contribution < -0.4 is 5.32 Å². The average Bonchev–Trinajstić information content (AvgIpc) is 3.03. The molecule has 0 spiro atoms. The number of benzene rings is 1. The van der Waals surface area contributed by atoms with Gasteiger partial charge in [-0.25, -0.2) is 4.98 Å². The first-order valence-corrected chi connectivity index (χ1v) is 8.63. The molecule has 0 amide bonds. The smallest absolute Gasteiger partial charge is 0.128 e. The number of thiophene rings is 1. The van der Waals surface area contributed by atoms with E-state index in [9.17, 15) is 0 Å². The first-order chi connectivity index (χ1) is 10.9. The van der Waals surface area contributed by atoms with Gasteiger partial charge < -0.3 is 4.98 Å². The molecule has 1 aromatic carbocycles. The van der Waals surface area contributed by atoms with E-state index in [0.29, 0.717) is 0 Å². The number of rotatable bonds is 6. The first-order valence-electron chi connectivity index (χ1n) is 7.75. The summed E-state index contributed by atoms with van der Waals surface area (Å²) in [6.07, 6.45) is 6.40. The fraction of sp³-hybridized carbons (Fsp3) is 0.278. The molecule has 3 nitrogen and oxygen atoms in total. The number of hydrogen-bond acceptors (Lipinski definition) is 3. The number of H-pyrrole nitrogens is 1. The minimum absolute atomic E-state index is 0.123. The van der Waals surface area contributed by atoms with Gasteiger partial charge in [-0.2, -0.15) is 0 Å². The highest BCUT2D eigenvalue weighted by Crippen LogP contribution is 2.39. The normalized spacial score (nSPS) is 15.8. The lowest BCUT2D eigenvalue weighted by molar-refractivity contribution is 0.588. The molecule has 0 bridgehead atoms. The third-order valence-corrected chi connectivity index (χ3v) is 5.10. The monoisotopic (exact) mass is 309 g/mol. The van der Waals surface area contributed by atoms with E-state index >= 15 is 0 Å². The van der Waals surface area contributed by atoms with Crippen LogP contribution in [0.15, 0.2) is 54.2 Å². The Morgan fingerprint density at radius 1 is 1.23 bits per heavy atom. The van der Waals surface area contributed by atoms with Gasteiger partial charge in [-0.05, 0) is 41.3 Å². The van der Waals surface area contributed by atoms with E-state index in [-0.39, 0.29) is 6.04 Å². The van der Waals surface area contributed by atoms with Crippen LogP contribution in [0, 0.1) is 0 Å². The fourth-order valence-electron chi connectivity index (χ4n) is 2.77. The summed E-state index contributed by atoms with van der Waals surface area (Å²) >= 11 is 1.76. The van der Waals surface area contributed by atoms with Crippen LogP contribution >= 0.6 is 11.3 Å². The molecule has 1 aliphatic rings. The van der Waals surface area contributed by atoms with E-state index in [1.54, 1.807) is 11.3 Å². The molecule has 0 aliphatic heterocycles. The second-order valence-corrected chi connectivity index (χ2v) is 6.80. The van der Waals surface area contributed by atoms with Gasteiger partial charge in [0.15, 0.2) is 0 Å². The Bertz CT molecular complexity index is 663. The maximum atomic E-state index is 4.42. The lowest BCUT2D eigenvalue weighted by atomic mass is 10.1. The van der Waals surface area contributed by atoms with Crippen LogP contribution in [0.5, 0.6) is 0 Å². The standard InChI is InChI=1S/C18H19N3S/c1-2-16(22-11-1)17(18-19-9-10-20-18)21-12-13-3-5-14(6-4-13)15-7-8-15/h1-6,9-11,15,17,21H,7-8,12H2,(H,19,20). The number of imidazole rings is 1.